The average molecular weight is 287 g/mol. The van der Waals surface area contributed by atoms with Gasteiger partial charge in [0.05, 0.1) is 0 Å². The van der Waals surface area contributed by atoms with Gasteiger partial charge in [0.15, 0.2) is 0 Å². The fourth-order valence-corrected chi connectivity index (χ4v) is 3.08. The number of hydrogen-bond acceptors (Lipinski definition) is 1. The van der Waals surface area contributed by atoms with Crippen molar-refractivity contribution in [2.75, 3.05) is 13.1 Å². The third-order valence-electron chi connectivity index (χ3n) is 4.41. The number of benzene rings is 1. The van der Waals surface area contributed by atoms with Crippen molar-refractivity contribution in [2.45, 2.75) is 64.2 Å². The molecule has 21 heavy (non-hydrogen) atoms. The summed E-state index contributed by atoms with van der Waals surface area (Å²) in [5, 5.41) is 0. The Bertz CT molecular complexity index is 395. The largest absolute Gasteiger partial charge is 0.343 e. The highest BCUT2D eigenvalue weighted by molar-refractivity contribution is 5.76. The Balaban J connectivity index is 1.41. The van der Waals surface area contributed by atoms with Gasteiger partial charge in [0, 0.05) is 19.5 Å². The van der Waals surface area contributed by atoms with Gasteiger partial charge in [-0.05, 0) is 37.7 Å². The minimum atomic E-state index is 0.386. The Morgan fingerprint density at radius 2 is 1.48 bits per heavy atom. The molecule has 0 aliphatic carbocycles. The van der Waals surface area contributed by atoms with E-state index in [0.29, 0.717) is 5.91 Å². The lowest BCUT2D eigenvalue weighted by atomic mass is 10.0. The van der Waals surface area contributed by atoms with E-state index in [1.54, 1.807) is 0 Å². The molecular weight excluding hydrogens is 258 g/mol. The predicted octanol–water partition coefficient (Wildman–Crippen LogP) is 4.58. The highest BCUT2D eigenvalue weighted by Crippen LogP contribution is 2.13. The molecule has 1 aromatic rings. The van der Waals surface area contributed by atoms with E-state index in [1.807, 2.05) is 4.90 Å². The van der Waals surface area contributed by atoms with Gasteiger partial charge >= 0.3 is 0 Å². The molecule has 0 bridgehead atoms. The SMILES string of the molecule is O=C(CCCCCCCCc1ccccc1)N1CCCC1. The number of carbonyl (C=O) groups is 1. The Hall–Kier alpha value is -1.31. The number of carbonyl (C=O) groups excluding carboxylic acids is 1. The number of likely N-dealkylation sites (tertiary alicyclic amines) is 1. The Morgan fingerprint density at radius 3 is 2.19 bits per heavy atom. The lowest BCUT2D eigenvalue weighted by Crippen LogP contribution is -2.27. The minimum absolute atomic E-state index is 0.386. The molecule has 1 aromatic carbocycles. The number of rotatable bonds is 9. The van der Waals surface area contributed by atoms with Crippen molar-refractivity contribution < 1.29 is 4.79 Å². The molecule has 1 aliphatic rings. The monoisotopic (exact) mass is 287 g/mol. The topological polar surface area (TPSA) is 20.3 Å². The van der Waals surface area contributed by atoms with Crippen LogP contribution in [0.15, 0.2) is 30.3 Å². The van der Waals surface area contributed by atoms with Gasteiger partial charge in [0.25, 0.3) is 0 Å². The number of unbranched alkanes of at least 4 members (excludes halogenated alkanes) is 5. The van der Waals surface area contributed by atoms with Crippen LogP contribution < -0.4 is 0 Å². The maximum atomic E-state index is 11.9. The summed E-state index contributed by atoms with van der Waals surface area (Å²) < 4.78 is 0. The summed E-state index contributed by atoms with van der Waals surface area (Å²) in [5.74, 6) is 0.386. The van der Waals surface area contributed by atoms with Crippen LogP contribution in [-0.4, -0.2) is 23.9 Å². The molecule has 0 atom stereocenters. The van der Waals surface area contributed by atoms with E-state index in [2.05, 4.69) is 30.3 Å². The van der Waals surface area contributed by atoms with Crippen LogP contribution >= 0.6 is 0 Å². The number of nitrogens with zero attached hydrogens (tertiary/aromatic N) is 1. The molecule has 1 amide bonds. The van der Waals surface area contributed by atoms with Gasteiger partial charge < -0.3 is 4.90 Å². The highest BCUT2D eigenvalue weighted by atomic mass is 16.2. The van der Waals surface area contributed by atoms with Gasteiger partial charge in [-0.15, -0.1) is 0 Å². The van der Waals surface area contributed by atoms with Crippen LogP contribution in [-0.2, 0) is 11.2 Å². The summed E-state index contributed by atoms with van der Waals surface area (Å²) in [5.41, 5.74) is 1.45. The predicted molar refractivity (Wildman–Crippen MR) is 88.3 cm³/mol. The normalized spacial score (nSPS) is 14.6. The lowest BCUT2D eigenvalue weighted by Gasteiger charge is -2.14. The van der Waals surface area contributed by atoms with Crippen LogP contribution in [0.3, 0.4) is 0 Å². The van der Waals surface area contributed by atoms with Gasteiger partial charge in [0.1, 0.15) is 0 Å². The summed E-state index contributed by atoms with van der Waals surface area (Å²) >= 11 is 0. The van der Waals surface area contributed by atoms with Crippen LogP contribution in [0.5, 0.6) is 0 Å². The van der Waals surface area contributed by atoms with Crippen LogP contribution in [0.2, 0.25) is 0 Å². The molecule has 1 aliphatic heterocycles. The molecule has 0 radical (unpaired) electrons. The second kappa shape index (κ2) is 9.59. The minimum Gasteiger partial charge on any atom is -0.343 e. The van der Waals surface area contributed by atoms with E-state index < -0.39 is 0 Å². The Labute approximate surface area is 129 Å². The second-order valence-electron chi connectivity index (χ2n) is 6.19. The quantitative estimate of drug-likeness (QED) is 0.609. The molecule has 0 saturated carbocycles. The molecule has 0 aromatic heterocycles. The zero-order valence-electron chi connectivity index (χ0n) is 13.2. The maximum Gasteiger partial charge on any atom is 0.222 e. The first-order valence-corrected chi connectivity index (χ1v) is 8.68. The molecule has 0 spiro atoms. The third kappa shape index (κ3) is 6.33. The highest BCUT2D eigenvalue weighted by Gasteiger charge is 2.16. The average Bonchev–Trinajstić information content (AvgIpc) is 3.05. The van der Waals surface area contributed by atoms with E-state index in [0.717, 1.165) is 25.9 Å². The summed E-state index contributed by atoms with van der Waals surface area (Å²) in [6.07, 6.45) is 11.9. The van der Waals surface area contributed by atoms with Crippen molar-refractivity contribution in [1.29, 1.82) is 0 Å². The zero-order valence-corrected chi connectivity index (χ0v) is 13.2. The standard InChI is InChI=1S/C19H29NO/c21-19(20-16-10-11-17-20)15-9-4-2-1-3-6-12-18-13-7-5-8-14-18/h5,7-8,13-14H,1-4,6,9-12,15-17H2. The first-order valence-electron chi connectivity index (χ1n) is 8.68. The van der Waals surface area contributed by atoms with E-state index >= 15 is 0 Å². The summed E-state index contributed by atoms with van der Waals surface area (Å²) in [7, 11) is 0. The summed E-state index contributed by atoms with van der Waals surface area (Å²) in [4.78, 5) is 13.9. The number of hydrogen-bond donors (Lipinski definition) is 0. The fourth-order valence-electron chi connectivity index (χ4n) is 3.08. The Morgan fingerprint density at radius 1 is 0.857 bits per heavy atom. The lowest BCUT2D eigenvalue weighted by molar-refractivity contribution is -0.130. The van der Waals surface area contributed by atoms with Gasteiger partial charge in [-0.3, -0.25) is 4.79 Å². The van der Waals surface area contributed by atoms with Gasteiger partial charge in [-0.2, -0.15) is 0 Å². The summed E-state index contributed by atoms with van der Waals surface area (Å²) in [6.45, 7) is 2.00. The van der Waals surface area contributed by atoms with Crippen molar-refractivity contribution in [3.63, 3.8) is 0 Å². The van der Waals surface area contributed by atoms with Gasteiger partial charge in [-0.25, -0.2) is 0 Å². The fraction of sp³-hybridized carbons (Fsp3) is 0.632. The van der Waals surface area contributed by atoms with Gasteiger partial charge in [-0.1, -0.05) is 56.0 Å². The molecule has 2 heteroatoms. The molecule has 0 N–H and O–H groups in total. The molecular formula is C19H29NO. The molecule has 2 nitrogen and oxygen atoms in total. The number of aryl methyl sites for hydroxylation is 1. The molecule has 2 rings (SSSR count). The summed E-state index contributed by atoms with van der Waals surface area (Å²) in [6, 6.07) is 10.7. The number of amides is 1. The van der Waals surface area contributed by atoms with Crippen molar-refractivity contribution >= 4 is 5.91 Å². The molecule has 1 heterocycles. The van der Waals surface area contributed by atoms with Crippen LogP contribution in [0.4, 0.5) is 0 Å². The van der Waals surface area contributed by atoms with Crippen LogP contribution in [0, 0.1) is 0 Å². The maximum absolute atomic E-state index is 11.9. The third-order valence-corrected chi connectivity index (χ3v) is 4.41. The molecule has 116 valence electrons. The van der Waals surface area contributed by atoms with Crippen LogP contribution in [0.1, 0.15) is 63.4 Å². The smallest absolute Gasteiger partial charge is 0.222 e. The second-order valence-corrected chi connectivity index (χ2v) is 6.19. The van der Waals surface area contributed by atoms with E-state index in [4.69, 9.17) is 0 Å². The zero-order chi connectivity index (χ0) is 14.8. The van der Waals surface area contributed by atoms with Crippen molar-refractivity contribution in [3.05, 3.63) is 35.9 Å². The van der Waals surface area contributed by atoms with E-state index in [1.165, 1.54) is 56.9 Å². The van der Waals surface area contributed by atoms with Crippen molar-refractivity contribution in [2.24, 2.45) is 0 Å². The van der Waals surface area contributed by atoms with E-state index in [-0.39, 0.29) is 0 Å². The first-order chi connectivity index (χ1) is 10.4. The van der Waals surface area contributed by atoms with Crippen molar-refractivity contribution in [1.82, 2.24) is 4.90 Å². The molecule has 1 saturated heterocycles. The van der Waals surface area contributed by atoms with E-state index in [9.17, 15) is 4.79 Å². The Kier molecular flexibility index (Phi) is 7.34. The first kappa shape index (κ1) is 16.1. The van der Waals surface area contributed by atoms with Crippen molar-refractivity contribution in [3.8, 4) is 0 Å². The van der Waals surface area contributed by atoms with Crippen LogP contribution in [0.25, 0.3) is 0 Å². The van der Waals surface area contributed by atoms with Gasteiger partial charge in [0.2, 0.25) is 5.91 Å². The molecule has 1 fully saturated rings. The molecule has 0 unspecified atom stereocenters.